The van der Waals surface area contributed by atoms with Crippen molar-refractivity contribution in [2.75, 3.05) is 0 Å². The molecule has 0 spiro atoms. The highest BCUT2D eigenvalue weighted by molar-refractivity contribution is 8.00. The summed E-state index contributed by atoms with van der Waals surface area (Å²) in [7, 11) is 0. The van der Waals surface area contributed by atoms with Gasteiger partial charge in [-0.25, -0.2) is 4.79 Å². The van der Waals surface area contributed by atoms with Gasteiger partial charge in [0.2, 0.25) is 5.91 Å². The van der Waals surface area contributed by atoms with Crippen LogP contribution in [0.5, 0.6) is 0 Å². The van der Waals surface area contributed by atoms with Crippen LogP contribution >= 0.6 is 11.8 Å². The molecule has 1 saturated carbocycles. The van der Waals surface area contributed by atoms with Gasteiger partial charge in [-0.2, -0.15) is 0 Å². The number of rotatable bonds is 4. The first-order valence-electron chi connectivity index (χ1n) is 6.81. The number of imide groups is 1. The van der Waals surface area contributed by atoms with Crippen LogP contribution in [0.15, 0.2) is 23.1 Å². The number of hydrogen-bond donors (Lipinski definition) is 2. The second-order valence-electron chi connectivity index (χ2n) is 5.24. The fourth-order valence-electron chi connectivity index (χ4n) is 1.71. The molecule has 1 fully saturated rings. The molecule has 1 aromatic carbocycles. The van der Waals surface area contributed by atoms with Crippen LogP contribution in [0.1, 0.15) is 30.9 Å². The van der Waals surface area contributed by atoms with Gasteiger partial charge in [0.1, 0.15) is 0 Å². The molecule has 2 N–H and O–H groups in total. The van der Waals surface area contributed by atoms with Crippen LogP contribution < -0.4 is 10.6 Å². The lowest BCUT2D eigenvalue weighted by Gasteiger charge is -2.12. The van der Waals surface area contributed by atoms with E-state index in [4.69, 9.17) is 0 Å². The van der Waals surface area contributed by atoms with E-state index in [1.807, 2.05) is 19.1 Å². The number of carbonyl (C=O) groups is 2. The average Bonchev–Trinajstić information content (AvgIpc) is 3.17. The Kier molecular flexibility index (Phi) is 4.70. The smallest absolute Gasteiger partial charge is 0.321 e. The summed E-state index contributed by atoms with van der Waals surface area (Å²) in [5, 5.41) is 4.82. The SMILES string of the molecule is Cc1ccc(SC(C)C(=O)NC(=O)NC2CC2)cc1C. The molecule has 1 unspecified atom stereocenters. The molecule has 4 nitrogen and oxygen atoms in total. The molecule has 108 valence electrons. The molecule has 0 bridgehead atoms. The largest absolute Gasteiger partial charge is 0.335 e. The van der Waals surface area contributed by atoms with Crippen LogP contribution in [0.3, 0.4) is 0 Å². The molecule has 1 atom stereocenters. The highest BCUT2D eigenvalue weighted by Crippen LogP contribution is 2.25. The molecule has 0 heterocycles. The summed E-state index contributed by atoms with van der Waals surface area (Å²) in [6, 6.07) is 5.98. The minimum Gasteiger partial charge on any atom is -0.335 e. The summed E-state index contributed by atoms with van der Waals surface area (Å²) in [5.41, 5.74) is 2.43. The lowest BCUT2D eigenvalue weighted by Crippen LogP contribution is -2.43. The van der Waals surface area contributed by atoms with Gasteiger partial charge in [0.15, 0.2) is 0 Å². The summed E-state index contributed by atoms with van der Waals surface area (Å²) in [5.74, 6) is -0.258. The first-order chi connectivity index (χ1) is 9.45. The zero-order chi connectivity index (χ0) is 14.7. The average molecular weight is 292 g/mol. The van der Waals surface area contributed by atoms with E-state index in [2.05, 4.69) is 23.6 Å². The number of hydrogen-bond acceptors (Lipinski definition) is 3. The zero-order valence-electron chi connectivity index (χ0n) is 12.0. The van der Waals surface area contributed by atoms with E-state index in [9.17, 15) is 9.59 Å². The molecule has 20 heavy (non-hydrogen) atoms. The molecule has 3 amide bonds. The van der Waals surface area contributed by atoms with Crippen molar-refractivity contribution in [2.45, 2.75) is 49.8 Å². The Bertz CT molecular complexity index is 527. The van der Waals surface area contributed by atoms with Crippen molar-refractivity contribution in [2.24, 2.45) is 0 Å². The third-order valence-electron chi connectivity index (χ3n) is 3.31. The van der Waals surface area contributed by atoms with Crippen molar-refractivity contribution < 1.29 is 9.59 Å². The topological polar surface area (TPSA) is 58.2 Å². The molecular weight excluding hydrogens is 272 g/mol. The van der Waals surface area contributed by atoms with Gasteiger partial charge in [0.05, 0.1) is 5.25 Å². The molecule has 0 radical (unpaired) electrons. The molecule has 0 aliphatic heterocycles. The number of amides is 3. The van der Waals surface area contributed by atoms with Gasteiger partial charge in [-0.15, -0.1) is 11.8 Å². The Morgan fingerprint density at radius 1 is 1.25 bits per heavy atom. The third kappa shape index (κ3) is 4.27. The Hall–Kier alpha value is -1.49. The highest BCUT2D eigenvalue weighted by atomic mass is 32.2. The first-order valence-corrected chi connectivity index (χ1v) is 7.69. The molecule has 1 aliphatic carbocycles. The highest BCUT2D eigenvalue weighted by Gasteiger charge is 2.25. The van der Waals surface area contributed by atoms with Crippen LogP contribution in [0.2, 0.25) is 0 Å². The van der Waals surface area contributed by atoms with Gasteiger partial charge in [-0.1, -0.05) is 6.07 Å². The number of benzene rings is 1. The first kappa shape index (κ1) is 14.9. The van der Waals surface area contributed by atoms with Crippen LogP contribution in [0.4, 0.5) is 4.79 Å². The summed E-state index contributed by atoms with van der Waals surface area (Å²) in [6.45, 7) is 5.91. The summed E-state index contributed by atoms with van der Waals surface area (Å²) >= 11 is 1.46. The molecule has 2 rings (SSSR count). The van der Waals surface area contributed by atoms with E-state index >= 15 is 0 Å². The van der Waals surface area contributed by atoms with E-state index in [0.717, 1.165) is 17.7 Å². The molecule has 1 aromatic rings. The summed E-state index contributed by atoms with van der Waals surface area (Å²) in [4.78, 5) is 24.5. The second-order valence-corrected chi connectivity index (χ2v) is 6.66. The third-order valence-corrected chi connectivity index (χ3v) is 4.40. The lowest BCUT2D eigenvalue weighted by molar-refractivity contribution is -0.119. The number of aryl methyl sites for hydroxylation is 2. The monoisotopic (exact) mass is 292 g/mol. The predicted molar refractivity (Wildman–Crippen MR) is 80.9 cm³/mol. The normalized spacial score (nSPS) is 15.6. The maximum atomic E-state index is 11.9. The van der Waals surface area contributed by atoms with E-state index in [1.54, 1.807) is 6.92 Å². The van der Waals surface area contributed by atoms with Crippen molar-refractivity contribution in [3.05, 3.63) is 29.3 Å². The molecular formula is C15H20N2O2S. The summed E-state index contributed by atoms with van der Waals surface area (Å²) in [6.07, 6.45) is 2.02. The van der Waals surface area contributed by atoms with Crippen LogP contribution in [-0.2, 0) is 4.79 Å². The zero-order valence-corrected chi connectivity index (χ0v) is 12.8. The standard InChI is InChI=1S/C15H20N2O2S/c1-9-4-7-13(8-10(9)2)20-11(3)14(18)17-15(19)16-12-5-6-12/h4,7-8,11-12H,5-6H2,1-3H3,(H2,16,17,18,19). The van der Waals surface area contributed by atoms with Gasteiger partial charge < -0.3 is 5.32 Å². The Morgan fingerprint density at radius 3 is 2.55 bits per heavy atom. The Labute approximate surface area is 123 Å². The maximum absolute atomic E-state index is 11.9. The quantitative estimate of drug-likeness (QED) is 0.839. The van der Waals surface area contributed by atoms with Gasteiger partial charge in [-0.3, -0.25) is 10.1 Å². The maximum Gasteiger partial charge on any atom is 0.321 e. The van der Waals surface area contributed by atoms with E-state index in [1.165, 1.54) is 22.9 Å². The van der Waals surface area contributed by atoms with Gasteiger partial charge >= 0.3 is 6.03 Å². The Morgan fingerprint density at radius 2 is 1.95 bits per heavy atom. The van der Waals surface area contributed by atoms with Gasteiger partial charge in [0.25, 0.3) is 0 Å². The number of thioether (sulfide) groups is 1. The summed E-state index contributed by atoms with van der Waals surface area (Å²) < 4.78 is 0. The van der Waals surface area contributed by atoms with E-state index in [0.29, 0.717) is 0 Å². The Balaban J connectivity index is 1.86. The van der Waals surface area contributed by atoms with Crippen molar-refractivity contribution in [1.82, 2.24) is 10.6 Å². The minimum absolute atomic E-state index is 0.255. The number of nitrogens with one attached hydrogen (secondary N) is 2. The van der Waals surface area contributed by atoms with Crippen LogP contribution in [0, 0.1) is 13.8 Å². The number of carbonyl (C=O) groups excluding carboxylic acids is 2. The second kappa shape index (κ2) is 6.31. The molecule has 0 aromatic heterocycles. The van der Waals surface area contributed by atoms with Crippen molar-refractivity contribution in [3.8, 4) is 0 Å². The van der Waals surface area contributed by atoms with E-state index < -0.39 is 0 Å². The minimum atomic E-state index is -0.384. The van der Waals surface area contributed by atoms with E-state index in [-0.39, 0.29) is 23.2 Å². The van der Waals surface area contributed by atoms with Crippen molar-refractivity contribution in [1.29, 1.82) is 0 Å². The van der Waals surface area contributed by atoms with Crippen LogP contribution in [0.25, 0.3) is 0 Å². The fourth-order valence-corrected chi connectivity index (χ4v) is 2.67. The molecule has 1 aliphatic rings. The predicted octanol–water partition coefficient (Wildman–Crippen LogP) is 2.77. The van der Waals surface area contributed by atoms with Crippen molar-refractivity contribution in [3.63, 3.8) is 0 Å². The van der Waals surface area contributed by atoms with Gasteiger partial charge in [-0.05, 0) is 56.9 Å². The fraction of sp³-hybridized carbons (Fsp3) is 0.467. The lowest BCUT2D eigenvalue weighted by atomic mass is 10.1. The van der Waals surface area contributed by atoms with Gasteiger partial charge in [0, 0.05) is 10.9 Å². The van der Waals surface area contributed by atoms with Crippen molar-refractivity contribution >= 4 is 23.7 Å². The van der Waals surface area contributed by atoms with Crippen LogP contribution in [-0.4, -0.2) is 23.2 Å². The number of urea groups is 1. The molecule has 5 heteroatoms. The molecule has 0 saturated heterocycles.